The quantitative estimate of drug-likeness (QED) is 0.190. The minimum Gasteiger partial charge on any atom is -0.326 e. The van der Waals surface area contributed by atoms with E-state index in [1.807, 2.05) is 6.20 Å². The second kappa shape index (κ2) is 11.9. The molecule has 5 heteroatoms. The normalized spacial score (nSPS) is 11.3. The lowest BCUT2D eigenvalue weighted by Crippen LogP contribution is -2.24. The van der Waals surface area contributed by atoms with Gasteiger partial charge in [-0.15, -0.1) is 11.3 Å². The maximum Gasteiger partial charge on any atom is 0.140 e. The Kier molecular flexibility index (Phi) is 8.01. The van der Waals surface area contributed by atoms with Gasteiger partial charge in [0.1, 0.15) is 10.8 Å². The largest absolute Gasteiger partial charge is 0.326 e. The average molecular weight is 493 g/mol. The van der Waals surface area contributed by atoms with Crippen molar-refractivity contribution in [3.05, 3.63) is 119 Å². The van der Waals surface area contributed by atoms with Crippen molar-refractivity contribution in [3.8, 4) is 22.6 Å². The first kappa shape index (κ1) is 24.2. The third-order valence-electron chi connectivity index (χ3n) is 6.35. The lowest BCUT2D eigenvalue weighted by Gasteiger charge is -2.23. The summed E-state index contributed by atoms with van der Waals surface area (Å²) in [5, 5.41) is 3.19. The van der Waals surface area contributed by atoms with Crippen molar-refractivity contribution in [1.82, 2.24) is 19.4 Å². The number of benzene rings is 3. The molecule has 0 aliphatic rings. The van der Waals surface area contributed by atoms with Gasteiger partial charge in [-0.25, -0.2) is 9.97 Å². The third kappa shape index (κ3) is 5.81. The molecule has 36 heavy (non-hydrogen) atoms. The molecular formula is C31H32N4S. The predicted octanol–water partition coefficient (Wildman–Crippen LogP) is 7.68. The Morgan fingerprint density at radius 3 is 2.08 bits per heavy atom. The summed E-state index contributed by atoms with van der Waals surface area (Å²) in [7, 11) is 0. The van der Waals surface area contributed by atoms with Crippen molar-refractivity contribution in [2.45, 2.75) is 45.9 Å². The molecule has 0 N–H and O–H groups in total. The van der Waals surface area contributed by atoms with Gasteiger partial charge in [0.25, 0.3) is 0 Å². The molecule has 0 atom stereocenters. The number of imidazole rings is 1. The number of rotatable bonds is 11. The molecule has 0 radical (unpaired) electrons. The van der Waals surface area contributed by atoms with Gasteiger partial charge in [0.05, 0.1) is 17.9 Å². The number of nitrogens with zero attached hydrogens (tertiary/aromatic N) is 4. The monoisotopic (exact) mass is 492 g/mol. The number of aromatic nitrogens is 3. The van der Waals surface area contributed by atoms with Gasteiger partial charge in [0, 0.05) is 42.3 Å². The summed E-state index contributed by atoms with van der Waals surface area (Å²) in [5.41, 5.74) is 5.96. The van der Waals surface area contributed by atoms with Crippen LogP contribution in [0.15, 0.2) is 103 Å². The number of thiazole rings is 1. The lowest BCUT2D eigenvalue weighted by molar-refractivity contribution is 0.241. The fraction of sp³-hybridized carbons (Fsp3) is 0.226. The van der Waals surface area contributed by atoms with Gasteiger partial charge in [-0.05, 0) is 12.0 Å². The smallest absolute Gasteiger partial charge is 0.140 e. The summed E-state index contributed by atoms with van der Waals surface area (Å²) >= 11 is 1.72. The van der Waals surface area contributed by atoms with E-state index in [0.717, 1.165) is 66.7 Å². The van der Waals surface area contributed by atoms with Crippen LogP contribution in [0.3, 0.4) is 0 Å². The van der Waals surface area contributed by atoms with Crippen LogP contribution in [-0.4, -0.2) is 19.4 Å². The zero-order valence-corrected chi connectivity index (χ0v) is 21.6. The van der Waals surface area contributed by atoms with Crippen molar-refractivity contribution in [1.29, 1.82) is 0 Å². The third-order valence-corrected chi connectivity index (χ3v) is 7.12. The second-order valence-electron chi connectivity index (χ2n) is 9.02. The molecule has 5 rings (SSSR count). The van der Waals surface area contributed by atoms with E-state index in [0.29, 0.717) is 0 Å². The zero-order chi connectivity index (χ0) is 24.6. The fourth-order valence-electron chi connectivity index (χ4n) is 4.58. The Bertz CT molecular complexity index is 1330. The summed E-state index contributed by atoms with van der Waals surface area (Å²) in [6, 6.07) is 31.9. The standard InChI is InChI=1S/C31H32N4S/c1-2-3-20-35-28(23-34(24-29-32-19-21-36-29)22-25-13-7-4-8-14-25)30(26-15-9-5-10-16-26)33-31(35)27-17-11-6-12-18-27/h4-19,21H,2-3,20,22-24H2,1H3. The molecule has 0 fully saturated rings. The van der Waals surface area contributed by atoms with Crippen LogP contribution in [-0.2, 0) is 26.2 Å². The lowest BCUT2D eigenvalue weighted by atomic mass is 10.1. The average Bonchev–Trinajstić information content (AvgIpc) is 3.57. The van der Waals surface area contributed by atoms with Crippen LogP contribution in [0.4, 0.5) is 0 Å². The predicted molar refractivity (Wildman–Crippen MR) is 150 cm³/mol. The summed E-state index contributed by atoms with van der Waals surface area (Å²) in [4.78, 5) is 12.4. The molecule has 5 aromatic rings. The van der Waals surface area contributed by atoms with E-state index in [9.17, 15) is 0 Å². The van der Waals surface area contributed by atoms with Crippen molar-refractivity contribution < 1.29 is 0 Å². The number of hydrogen-bond donors (Lipinski definition) is 0. The van der Waals surface area contributed by atoms with Crippen LogP contribution in [0, 0.1) is 0 Å². The Labute approximate surface area is 217 Å². The zero-order valence-electron chi connectivity index (χ0n) is 20.8. The number of unbranched alkanes of at least 4 members (excludes halogenated alkanes) is 1. The van der Waals surface area contributed by atoms with Crippen LogP contribution in [0.2, 0.25) is 0 Å². The van der Waals surface area contributed by atoms with Gasteiger partial charge in [0.2, 0.25) is 0 Å². The maximum atomic E-state index is 5.28. The highest BCUT2D eigenvalue weighted by Gasteiger charge is 2.22. The molecule has 0 bridgehead atoms. The summed E-state index contributed by atoms with van der Waals surface area (Å²) in [5.74, 6) is 1.05. The SMILES string of the molecule is CCCCn1c(-c2ccccc2)nc(-c2ccccc2)c1CN(Cc1ccccc1)Cc1nccs1. The molecule has 0 saturated carbocycles. The highest BCUT2D eigenvalue weighted by Crippen LogP contribution is 2.31. The van der Waals surface area contributed by atoms with Crippen molar-refractivity contribution in [2.75, 3.05) is 0 Å². The topological polar surface area (TPSA) is 34.0 Å². The summed E-state index contributed by atoms with van der Waals surface area (Å²) in [6.45, 7) is 5.66. The fourth-order valence-corrected chi connectivity index (χ4v) is 5.24. The Morgan fingerprint density at radius 2 is 1.44 bits per heavy atom. The van der Waals surface area contributed by atoms with Gasteiger partial charge in [-0.1, -0.05) is 104 Å². The van der Waals surface area contributed by atoms with E-state index in [1.165, 1.54) is 11.3 Å². The molecule has 2 aromatic heterocycles. The van der Waals surface area contributed by atoms with Crippen LogP contribution >= 0.6 is 11.3 Å². The molecule has 2 heterocycles. The molecule has 4 nitrogen and oxygen atoms in total. The molecule has 0 spiro atoms. The van der Waals surface area contributed by atoms with E-state index >= 15 is 0 Å². The highest BCUT2D eigenvalue weighted by molar-refractivity contribution is 7.09. The Morgan fingerprint density at radius 1 is 0.778 bits per heavy atom. The second-order valence-corrected chi connectivity index (χ2v) is 10.0. The van der Waals surface area contributed by atoms with Crippen molar-refractivity contribution in [2.24, 2.45) is 0 Å². The first-order valence-corrected chi connectivity index (χ1v) is 13.5. The van der Waals surface area contributed by atoms with E-state index in [2.05, 4.69) is 118 Å². The molecule has 0 aliphatic heterocycles. The van der Waals surface area contributed by atoms with Crippen LogP contribution in [0.25, 0.3) is 22.6 Å². The molecule has 0 unspecified atom stereocenters. The van der Waals surface area contributed by atoms with E-state index in [4.69, 9.17) is 4.98 Å². The van der Waals surface area contributed by atoms with Gasteiger partial charge in [0.15, 0.2) is 0 Å². The Balaban J connectivity index is 1.60. The first-order chi connectivity index (χ1) is 17.8. The molecule has 3 aromatic carbocycles. The molecule has 182 valence electrons. The molecule has 0 saturated heterocycles. The molecular weight excluding hydrogens is 460 g/mol. The minimum atomic E-state index is 0.794. The van der Waals surface area contributed by atoms with Crippen LogP contribution in [0.1, 0.15) is 36.0 Å². The minimum absolute atomic E-state index is 0.794. The van der Waals surface area contributed by atoms with Gasteiger partial charge < -0.3 is 4.57 Å². The van der Waals surface area contributed by atoms with E-state index < -0.39 is 0 Å². The van der Waals surface area contributed by atoms with Gasteiger partial charge in [-0.3, -0.25) is 4.90 Å². The maximum absolute atomic E-state index is 5.28. The van der Waals surface area contributed by atoms with Crippen LogP contribution < -0.4 is 0 Å². The molecule has 0 aliphatic carbocycles. The van der Waals surface area contributed by atoms with E-state index in [-0.39, 0.29) is 0 Å². The first-order valence-electron chi connectivity index (χ1n) is 12.7. The van der Waals surface area contributed by atoms with Crippen LogP contribution in [0.5, 0.6) is 0 Å². The van der Waals surface area contributed by atoms with E-state index in [1.54, 1.807) is 11.3 Å². The molecule has 0 amide bonds. The summed E-state index contributed by atoms with van der Waals surface area (Å²) in [6.07, 6.45) is 4.15. The van der Waals surface area contributed by atoms with Gasteiger partial charge >= 0.3 is 0 Å². The highest BCUT2D eigenvalue weighted by atomic mass is 32.1. The Hall–Kier alpha value is -3.54. The van der Waals surface area contributed by atoms with Crippen molar-refractivity contribution in [3.63, 3.8) is 0 Å². The number of hydrogen-bond acceptors (Lipinski definition) is 4. The van der Waals surface area contributed by atoms with Gasteiger partial charge in [-0.2, -0.15) is 0 Å². The van der Waals surface area contributed by atoms with Crippen molar-refractivity contribution >= 4 is 11.3 Å². The summed E-state index contributed by atoms with van der Waals surface area (Å²) < 4.78 is 2.46.